The second-order valence-corrected chi connectivity index (χ2v) is 6.73. The van der Waals surface area contributed by atoms with Crippen LogP contribution in [0.1, 0.15) is 26.7 Å². The summed E-state index contributed by atoms with van der Waals surface area (Å²) in [5, 5.41) is 0. The Balaban J connectivity index is 0. The van der Waals surface area contributed by atoms with E-state index in [1.165, 1.54) is 6.92 Å². The smallest absolute Gasteiger partial charge is 0.576 e. The van der Waals surface area contributed by atoms with E-state index in [0.29, 0.717) is 6.42 Å². The van der Waals surface area contributed by atoms with E-state index in [-0.39, 0.29) is 0 Å². The van der Waals surface area contributed by atoms with Crippen molar-refractivity contribution >= 4 is 17.1 Å². The second kappa shape index (κ2) is 10.4. The Kier molecular flexibility index (Phi) is 12.1. The third-order valence-corrected chi connectivity index (χ3v) is 4.08. The van der Waals surface area contributed by atoms with Gasteiger partial charge in [0.2, 0.25) is 0 Å². The van der Waals surface area contributed by atoms with Crippen LogP contribution in [0.15, 0.2) is 0 Å². The van der Waals surface area contributed by atoms with E-state index in [2.05, 4.69) is 0 Å². The Morgan fingerprint density at radius 2 is 1.56 bits per heavy atom. The lowest BCUT2D eigenvalue weighted by molar-refractivity contribution is -0.316. The molecule has 0 aromatic rings. The van der Waals surface area contributed by atoms with Gasteiger partial charge in [-0.1, -0.05) is 27.9 Å². The molecule has 0 saturated carbocycles. The van der Waals surface area contributed by atoms with Gasteiger partial charge < -0.3 is 27.6 Å². The minimum absolute atomic E-state index is 0.476. The summed E-state index contributed by atoms with van der Waals surface area (Å²) < 4.78 is 24.3. The molecule has 0 bridgehead atoms. The van der Waals surface area contributed by atoms with Crippen molar-refractivity contribution in [2.75, 3.05) is 21.3 Å². The van der Waals surface area contributed by atoms with Crippen LogP contribution >= 0.6 is 7.60 Å². The van der Waals surface area contributed by atoms with E-state index in [4.69, 9.17) is 13.3 Å². The molecular formula is C8H20O6PSi-2. The van der Waals surface area contributed by atoms with Crippen molar-refractivity contribution in [3.8, 4) is 0 Å². The largest absolute Gasteiger partial charge is 0.811 e. The predicted molar refractivity (Wildman–Crippen MR) is 58.8 cm³/mol. The number of rotatable bonds is 6. The van der Waals surface area contributed by atoms with Gasteiger partial charge in [0.1, 0.15) is 0 Å². The maximum atomic E-state index is 10.2. The Hall–Kier alpha value is 0.247. The van der Waals surface area contributed by atoms with Gasteiger partial charge in [-0.05, 0) is 12.1 Å². The molecule has 0 fully saturated rings. The second-order valence-electron chi connectivity index (χ2n) is 3.04. The molecular weight excluding hydrogens is 251 g/mol. The molecule has 6 nitrogen and oxygen atoms in total. The summed E-state index contributed by atoms with van der Waals surface area (Å²) >= 11 is 0. The molecule has 1 atom stereocenters. The summed E-state index contributed by atoms with van der Waals surface area (Å²) in [5.41, 5.74) is -0.692. The maximum absolute atomic E-state index is 10.2. The van der Waals surface area contributed by atoms with E-state index in [1.807, 2.05) is 6.92 Å². The quantitative estimate of drug-likeness (QED) is 0.499. The standard InChI is InChI=1S/C5H13O3P.C3H9O3Si/c1-3-4-5(2)9(6,7)8;1-4-7(5-2)6-3/h5H,3-4H2,1-2H3,(H2,6,7,8);1-3H3/p-2. The minimum Gasteiger partial charge on any atom is -0.811 e. The summed E-state index contributed by atoms with van der Waals surface area (Å²) in [6, 6.07) is 0. The fraction of sp³-hybridized carbons (Fsp3) is 1.00. The lowest BCUT2D eigenvalue weighted by atomic mass is 10.3. The Morgan fingerprint density at radius 1 is 1.19 bits per heavy atom. The highest BCUT2D eigenvalue weighted by molar-refractivity contribution is 7.49. The molecule has 0 aromatic carbocycles. The maximum Gasteiger partial charge on any atom is 0.576 e. The van der Waals surface area contributed by atoms with Crippen molar-refractivity contribution in [1.82, 2.24) is 0 Å². The van der Waals surface area contributed by atoms with Crippen LogP contribution in [0.5, 0.6) is 0 Å². The lowest BCUT2D eigenvalue weighted by Gasteiger charge is -2.35. The molecule has 0 rings (SSSR count). The summed E-state index contributed by atoms with van der Waals surface area (Å²) in [7, 11) is -0.965. The van der Waals surface area contributed by atoms with Crippen molar-refractivity contribution in [3.63, 3.8) is 0 Å². The van der Waals surface area contributed by atoms with Crippen LogP contribution in [0.4, 0.5) is 0 Å². The zero-order chi connectivity index (χ0) is 13.2. The van der Waals surface area contributed by atoms with Crippen molar-refractivity contribution in [2.24, 2.45) is 0 Å². The summed E-state index contributed by atoms with van der Waals surface area (Å²) in [4.78, 5) is 20.4. The van der Waals surface area contributed by atoms with E-state index in [1.54, 1.807) is 21.3 Å². The third kappa shape index (κ3) is 10.8. The van der Waals surface area contributed by atoms with Crippen molar-refractivity contribution < 1.29 is 27.6 Å². The Morgan fingerprint density at radius 3 is 1.62 bits per heavy atom. The first-order chi connectivity index (χ1) is 7.33. The molecule has 99 valence electrons. The molecule has 0 aliphatic carbocycles. The van der Waals surface area contributed by atoms with E-state index < -0.39 is 22.8 Å². The Bertz CT molecular complexity index is 187. The number of hydrogen-bond acceptors (Lipinski definition) is 6. The minimum atomic E-state index is -4.27. The van der Waals surface area contributed by atoms with Gasteiger partial charge in [-0.2, -0.15) is 0 Å². The fourth-order valence-corrected chi connectivity index (χ4v) is 1.90. The van der Waals surface area contributed by atoms with Gasteiger partial charge in [-0.25, -0.2) is 0 Å². The molecule has 0 amide bonds. The lowest BCUT2D eigenvalue weighted by Crippen LogP contribution is -2.23. The van der Waals surface area contributed by atoms with Crippen molar-refractivity contribution in [3.05, 3.63) is 0 Å². The van der Waals surface area contributed by atoms with Gasteiger partial charge in [-0.3, -0.25) is 0 Å². The Labute approximate surface area is 99.0 Å². The first kappa shape index (κ1) is 18.6. The van der Waals surface area contributed by atoms with Crippen LogP contribution in [-0.2, 0) is 17.8 Å². The van der Waals surface area contributed by atoms with E-state index in [0.717, 1.165) is 6.42 Å². The van der Waals surface area contributed by atoms with Gasteiger partial charge >= 0.3 is 9.53 Å². The number of hydrogen-bond donors (Lipinski definition) is 0. The predicted octanol–water partition coefficient (Wildman–Crippen LogP) is -0.000800. The van der Waals surface area contributed by atoms with Gasteiger partial charge in [0, 0.05) is 21.3 Å². The highest BCUT2D eigenvalue weighted by Gasteiger charge is 2.09. The van der Waals surface area contributed by atoms with E-state index in [9.17, 15) is 14.4 Å². The molecule has 0 N–H and O–H groups in total. The molecule has 0 spiro atoms. The van der Waals surface area contributed by atoms with Gasteiger partial charge in [-0.15, -0.1) is 0 Å². The molecule has 0 aliphatic rings. The highest BCUT2D eigenvalue weighted by atomic mass is 31.2. The molecule has 0 aliphatic heterocycles. The molecule has 0 saturated heterocycles. The van der Waals surface area contributed by atoms with Crippen LogP contribution in [0.2, 0.25) is 0 Å². The average Bonchev–Trinajstić information content (AvgIpc) is 2.20. The zero-order valence-electron chi connectivity index (χ0n) is 10.4. The SMILES string of the molecule is CCCC(C)P(=O)([O-])[O-].CO[Si](OC)OC. The van der Waals surface area contributed by atoms with Crippen LogP contribution < -0.4 is 9.79 Å². The monoisotopic (exact) mass is 271 g/mol. The van der Waals surface area contributed by atoms with Crippen LogP contribution in [-0.4, -0.2) is 36.5 Å². The summed E-state index contributed by atoms with van der Waals surface area (Å²) in [6.07, 6.45) is 1.22. The van der Waals surface area contributed by atoms with Crippen LogP contribution in [0, 0.1) is 0 Å². The topological polar surface area (TPSA) is 90.9 Å². The molecule has 1 radical (unpaired) electrons. The summed E-state index contributed by atoms with van der Waals surface area (Å²) in [6.45, 7) is 3.30. The molecule has 16 heavy (non-hydrogen) atoms. The van der Waals surface area contributed by atoms with Crippen LogP contribution in [0.25, 0.3) is 0 Å². The first-order valence-electron chi connectivity index (χ1n) is 4.84. The first-order valence-corrected chi connectivity index (χ1v) is 7.67. The highest BCUT2D eigenvalue weighted by Crippen LogP contribution is 2.33. The molecule has 0 aromatic heterocycles. The molecule has 1 unspecified atom stereocenters. The normalized spacial score (nSPS) is 13.2. The summed E-state index contributed by atoms with van der Waals surface area (Å²) in [5.74, 6) is 0. The van der Waals surface area contributed by atoms with Crippen molar-refractivity contribution in [2.45, 2.75) is 32.3 Å². The molecule has 8 heteroatoms. The molecule has 0 heterocycles. The van der Waals surface area contributed by atoms with Gasteiger partial charge in [0.05, 0.1) is 0 Å². The third-order valence-electron chi connectivity index (χ3n) is 1.75. The van der Waals surface area contributed by atoms with Gasteiger partial charge in [0.25, 0.3) is 0 Å². The van der Waals surface area contributed by atoms with E-state index >= 15 is 0 Å². The van der Waals surface area contributed by atoms with Crippen LogP contribution in [0.3, 0.4) is 0 Å². The fourth-order valence-electron chi connectivity index (χ4n) is 0.826. The van der Waals surface area contributed by atoms with Crippen molar-refractivity contribution in [1.29, 1.82) is 0 Å². The average molecular weight is 271 g/mol. The zero-order valence-corrected chi connectivity index (χ0v) is 12.3. The van der Waals surface area contributed by atoms with Gasteiger partial charge in [0.15, 0.2) is 0 Å².